The van der Waals surface area contributed by atoms with Crippen molar-refractivity contribution in [3.05, 3.63) is 47.5 Å². The minimum Gasteiger partial charge on any atom is -0.496 e. The molecular formula is C19H17F2NO5S. The van der Waals surface area contributed by atoms with Crippen LogP contribution < -0.4 is 18.9 Å². The number of hydrogen-bond acceptors (Lipinski definition) is 6. The molecule has 2 aromatic rings. The maximum atomic E-state index is 13.2. The molecule has 2 aliphatic rings. The smallest absolute Gasteiger partial charge is 0.496 e. The van der Waals surface area contributed by atoms with Gasteiger partial charge in [-0.15, -0.1) is 20.5 Å². The summed E-state index contributed by atoms with van der Waals surface area (Å²) >= 11 is 1.46. The number of thioether (sulfide) groups is 1. The largest absolute Gasteiger partial charge is 0.586 e. The van der Waals surface area contributed by atoms with E-state index in [0.29, 0.717) is 22.8 Å². The molecule has 1 amide bonds. The van der Waals surface area contributed by atoms with Crippen LogP contribution in [-0.2, 0) is 11.3 Å². The van der Waals surface area contributed by atoms with E-state index in [1.54, 1.807) is 25.2 Å². The summed E-state index contributed by atoms with van der Waals surface area (Å²) in [5.41, 5.74) is 1.41. The average Bonchev–Trinajstić information content (AvgIpc) is 3.18. The van der Waals surface area contributed by atoms with Gasteiger partial charge in [-0.3, -0.25) is 4.79 Å². The first-order valence-corrected chi connectivity index (χ1v) is 9.47. The third-order valence-corrected chi connectivity index (χ3v) is 5.72. The molecule has 0 aliphatic carbocycles. The Kier molecular flexibility index (Phi) is 4.70. The van der Waals surface area contributed by atoms with E-state index in [-0.39, 0.29) is 29.3 Å². The van der Waals surface area contributed by atoms with Gasteiger partial charge < -0.3 is 23.8 Å². The van der Waals surface area contributed by atoms with Crippen molar-refractivity contribution >= 4 is 17.7 Å². The monoisotopic (exact) mass is 409 g/mol. The lowest BCUT2D eigenvalue weighted by Crippen LogP contribution is -2.28. The predicted molar refractivity (Wildman–Crippen MR) is 97.9 cm³/mol. The van der Waals surface area contributed by atoms with Crippen LogP contribution in [0.5, 0.6) is 23.0 Å². The first-order chi connectivity index (χ1) is 13.4. The molecule has 0 N–H and O–H groups in total. The molecule has 1 fully saturated rings. The summed E-state index contributed by atoms with van der Waals surface area (Å²) in [5, 5.41) is -0.328. The Hall–Kier alpha value is -2.68. The number of alkyl halides is 2. The zero-order valence-corrected chi connectivity index (χ0v) is 15.9. The molecule has 1 saturated heterocycles. The summed E-state index contributed by atoms with van der Waals surface area (Å²) in [6.07, 6.45) is -3.67. The quantitative estimate of drug-likeness (QED) is 0.749. The van der Waals surface area contributed by atoms with E-state index < -0.39 is 6.29 Å². The second kappa shape index (κ2) is 7.05. The van der Waals surface area contributed by atoms with Gasteiger partial charge in [-0.1, -0.05) is 12.1 Å². The SMILES string of the molecule is COc1cccc(OC)c1C1SCC(=O)N1Cc1ccc2c(c1)OC(F)(F)O2. The molecule has 2 heterocycles. The lowest BCUT2D eigenvalue weighted by atomic mass is 10.1. The maximum absolute atomic E-state index is 13.2. The van der Waals surface area contributed by atoms with Gasteiger partial charge in [0.1, 0.15) is 16.9 Å². The number of halogens is 2. The van der Waals surface area contributed by atoms with E-state index in [9.17, 15) is 13.6 Å². The van der Waals surface area contributed by atoms with Gasteiger partial charge in [-0.25, -0.2) is 0 Å². The third-order valence-electron chi connectivity index (χ3n) is 4.50. The van der Waals surface area contributed by atoms with Gasteiger partial charge in [0, 0.05) is 6.54 Å². The summed E-state index contributed by atoms with van der Waals surface area (Å²) in [4.78, 5) is 14.2. The molecule has 0 spiro atoms. The van der Waals surface area contributed by atoms with Crippen molar-refractivity contribution in [3.63, 3.8) is 0 Å². The van der Waals surface area contributed by atoms with Gasteiger partial charge in [0.2, 0.25) is 5.91 Å². The van der Waals surface area contributed by atoms with Crippen LogP contribution in [0.4, 0.5) is 8.78 Å². The van der Waals surface area contributed by atoms with Gasteiger partial charge in [0.15, 0.2) is 11.5 Å². The van der Waals surface area contributed by atoms with E-state index in [4.69, 9.17) is 9.47 Å². The highest BCUT2D eigenvalue weighted by atomic mass is 32.2. The van der Waals surface area contributed by atoms with Crippen LogP contribution >= 0.6 is 11.8 Å². The molecule has 4 rings (SSSR count). The minimum absolute atomic E-state index is 0.0289. The number of fused-ring (bicyclic) bond motifs is 1. The second-order valence-corrected chi connectivity index (χ2v) is 7.28. The predicted octanol–water partition coefficient (Wildman–Crippen LogP) is 3.80. The van der Waals surface area contributed by atoms with Crippen LogP contribution in [0, 0.1) is 0 Å². The summed E-state index contributed by atoms with van der Waals surface area (Å²) in [6.45, 7) is 0.222. The molecule has 1 unspecified atom stereocenters. The number of carbonyl (C=O) groups is 1. The Balaban J connectivity index is 1.64. The fraction of sp³-hybridized carbons (Fsp3) is 0.316. The standard InChI is InChI=1S/C19H17F2NO5S/c1-24-13-4-3-5-14(25-2)17(13)18-22(16(23)10-28-18)9-11-6-7-12-15(8-11)27-19(20,21)26-12/h3-8,18H,9-10H2,1-2H3. The van der Waals surface area contributed by atoms with Crippen molar-refractivity contribution in [3.8, 4) is 23.0 Å². The number of amides is 1. The Bertz CT molecular complexity index is 901. The van der Waals surface area contributed by atoms with Gasteiger partial charge in [-0.2, -0.15) is 0 Å². The Labute approximate surface area is 164 Å². The summed E-state index contributed by atoms with van der Waals surface area (Å²) in [6, 6.07) is 9.94. The van der Waals surface area contributed by atoms with E-state index >= 15 is 0 Å². The molecule has 1 atom stereocenters. The highest BCUT2D eigenvalue weighted by Crippen LogP contribution is 2.48. The van der Waals surface area contributed by atoms with Crippen LogP contribution in [0.3, 0.4) is 0 Å². The molecule has 28 heavy (non-hydrogen) atoms. The van der Waals surface area contributed by atoms with E-state index in [1.165, 1.54) is 23.9 Å². The molecule has 9 heteroatoms. The lowest BCUT2D eigenvalue weighted by Gasteiger charge is -2.27. The number of methoxy groups -OCH3 is 2. The molecule has 2 aliphatic heterocycles. The number of carbonyl (C=O) groups excluding carboxylic acids is 1. The fourth-order valence-corrected chi connectivity index (χ4v) is 4.51. The Morgan fingerprint density at radius 3 is 2.50 bits per heavy atom. The molecular weight excluding hydrogens is 392 g/mol. The normalized spacial score (nSPS) is 19.8. The topological polar surface area (TPSA) is 57.2 Å². The van der Waals surface area contributed by atoms with E-state index in [2.05, 4.69) is 9.47 Å². The van der Waals surface area contributed by atoms with Crippen LogP contribution in [0.15, 0.2) is 36.4 Å². The number of nitrogens with zero attached hydrogens (tertiary/aromatic N) is 1. The van der Waals surface area contributed by atoms with Crippen LogP contribution in [0.25, 0.3) is 0 Å². The zero-order chi connectivity index (χ0) is 19.9. The minimum atomic E-state index is -3.67. The average molecular weight is 409 g/mol. The second-order valence-electron chi connectivity index (χ2n) is 6.21. The number of hydrogen-bond donors (Lipinski definition) is 0. The van der Waals surface area contributed by atoms with Gasteiger partial charge in [0.05, 0.1) is 25.5 Å². The molecule has 148 valence electrons. The first kappa shape index (κ1) is 18.7. The van der Waals surface area contributed by atoms with Gasteiger partial charge >= 0.3 is 6.29 Å². The Morgan fingerprint density at radius 1 is 1.14 bits per heavy atom. The van der Waals surface area contributed by atoms with Gasteiger partial charge in [-0.05, 0) is 29.8 Å². The van der Waals surface area contributed by atoms with Crippen molar-refractivity contribution in [1.82, 2.24) is 4.90 Å². The molecule has 0 saturated carbocycles. The molecule has 0 radical (unpaired) electrons. The summed E-state index contributed by atoms with van der Waals surface area (Å²) in [7, 11) is 3.12. The molecule has 2 aromatic carbocycles. The van der Waals surface area contributed by atoms with E-state index in [1.807, 2.05) is 18.2 Å². The van der Waals surface area contributed by atoms with Crippen molar-refractivity contribution in [2.45, 2.75) is 18.2 Å². The van der Waals surface area contributed by atoms with E-state index in [0.717, 1.165) is 5.56 Å². The first-order valence-electron chi connectivity index (χ1n) is 8.42. The van der Waals surface area contributed by atoms with Gasteiger partial charge in [0.25, 0.3) is 0 Å². The van der Waals surface area contributed by atoms with Crippen molar-refractivity contribution in [2.24, 2.45) is 0 Å². The van der Waals surface area contributed by atoms with Crippen molar-refractivity contribution in [1.29, 1.82) is 0 Å². The fourth-order valence-electron chi connectivity index (χ4n) is 3.28. The highest BCUT2D eigenvalue weighted by molar-refractivity contribution is 8.00. The van der Waals surface area contributed by atoms with Crippen LogP contribution in [0.1, 0.15) is 16.5 Å². The third kappa shape index (κ3) is 3.30. The maximum Gasteiger partial charge on any atom is 0.586 e. The summed E-state index contributed by atoms with van der Waals surface area (Å²) < 4.78 is 46.3. The molecule has 6 nitrogen and oxygen atoms in total. The Morgan fingerprint density at radius 2 is 1.82 bits per heavy atom. The lowest BCUT2D eigenvalue weighted by molar-refractivity contribution is -0.286. The number of rotatable bonds is 5. The summed E-state index contributed by atoms with van der Waals surface area (Å²) in [5.74, 6) is 1.39. The van der Waals surface area contributed by atoms with Crippen LogP contribution in [0.2, 0.25) is 0 Å². The number of benzene rings is 2. The number of ether oxygens (including phenoxy) is 4. The van der Waals surface area contributed by atoms with Crippen molar-refractivity contribution in [2.75, 3.05) is 20.0 Å². The van der Waals surface area contributed by atoms with Crippen molar-refractivity contribution < 1.29 is 32.5 Å². The molecule has 0 aromatic heterocycles. The highest BCUT2D eigenvalue weighted by Gasteiger charge is 2.43. The zero-order valence-electron chi connectivity index (χ0n) is 15.1. The van der Waals surface area contributed by atoms with Crippen LogP contribution in [-0.4, -0.2) is 37.1 Å². The molecule has 0 bridgehead atoms.